The lowest BCUT2D eigenvalue weighted by Crippen LogP contribution is -2.45. The molecule has 3 aromatic carbocycles. The molecule has 1 heterocycles. The van der Waals surface area contributed by atoms with Crippen molar-refractivity contribution < 1.29 is 14.0 Å². The van der Waals surface area contributed by atoms with Gasteiger partial charge >= 0.3 is 0 Å². The van der Waals surface area contributed by atoms with Crippen molar-refractivity contribution in [3.05, 3.63) is 101 Å². The summed E-state index contributed by atoms with van der Waals surface area (Å²) in [5.74, 6) is -0.437. The second-order valence-electron chi connectivity index (χ2n) is 7.69. The number of hydrogen-bond donors (Lipinski definition) is 1. The monoisotopic (exact) mass is 434 g/mol. The van der Waals surface area contributed by atoms with E-state index in [0.29, 0.717) is 22.6 Å². The Kier molecular flexibility index (Phi) is 6.09. The lowest BCUT2D eigenvalue weighted by molar-refractivity contribution is -0.119. The van der Waals surface area contributed by atoms with E-state index < -0.39 is 11.4 Å². The molecule has 6 heteroatoms. The van der Waals surface area contributed by atoms with Crippen molar-refractivity contribution in [3.8, 4) is 0 Å². The highest BCUT2D eigenvalue weighted by molar-refractivity contribution is 7.99. The molecule has 0 aliphatic carbocycles. The van der Waals surface area contributed by atoms with Crippen molar-refractivity contribution in [2.24, 2.45) is 0 Å². The van der Waals surface area contributed by atoms with Gasteiger partial charge in [0.25, 0.3) is 5.91 Å². The molecule has 0 radical (unpaired) electrons. The van der Waals surface area contributed by atoms with E-state index in [1.165, 1.54) is 23.9 Å². The second-order valence-corrected chi connectivity index (χ2v) is 8.81. The summed E-state index contributed by atoms with van der Waals surface area (Å²) in [6.45, 7) is 3.90. The van der Waals surface area contributed by atoms with Crippen LogP contribution >= 0.6 is 11.8 Å². The molecule has 3 aromatic rings. The minimum absolute atomic E-state index is 0.244. The van der Waals surface area contributed by atoms with Gasteiger partial charge in [0.15, 0.2) is 0 Å². The van der Waals surface area contributed by atoms with E-state index in [1.54, 1.807) is 23.1 Å². The van der Waals surface area contributed by atoms with Gasteiger partial charge in [0, 0.05) is 17.0 Å². The van der Waals surface area contributed by atoms with Crippen molar-refractivity contribution in [2.75, 3.05) is 11.1 Å². The van der Waals surface area contributed by atoms with Gasteiger partial charge < -0.3 is 10.2 Å². The van der Waals surface area contributed by atoms with Crippen molar-refractivity contribution in [1.29, 1.82) is 0 Å². The van der Waals surface area contributed by atoms with Crippen LogP contribution < -0.4 is 5.32 Å². The summed E-state index contributed by atoms with van der Waals surface area (Å²) in [5.41, 5.74) is 3.91. The number of aryl methyl sites for hydroxylation is 2. The van der Waals surface area contributed by atoms with Crippen molar-refractivity contribution >= 4 is 29.3 Å². The Bertz CT molecular complexity index is 1120. The summed E-state index contributed by atoms with van der Waals surface area (Å²) >= 11 is 1.47. The largest absolute Gasteiger partial charge is 0.324 e. The normalized spacial score (nSPS) is 18.1. The Hall–Kier alpha value is -3.12. The van der Waals surface area contributed by atoms with E-state index >= 15 is 0 Å². The Balaban J connectivity index is 1.67. The number of hydrogen-bond acceptors (Lipinski definition) is 3. The highest BCUT2D eigenvalue weighted by Gasteiger charge is 2.42. The van der Waals surface area contributed by atoms with Crippen LogP contribution in [0.5, 0.6) is 0 Å². The molecule has 0 spiro atoms. The molecule has 2 unspecified atom stereocenters. The molecule has 0 bridgehead atoms. The van der Waals surface area contributed by atoms with Gasteiger partial charge in [-0.1, -0.05) is 47.5 Å². The van der Waals surface area contributed by atoms with Crippen molar-refractivity contribution in [3.63, 3.8) is 0 Å². The van der Waals surface area contributed by atoms with E-state index in [2.05, 4.69) is 5.32 Å². The zero-order chi connectivity index (χ0) is 22.0. The Morgan fingerprint density at radius 1 is 0.968 bits per heavy atom. The summed E-state index contributed by atoms with van der Waals surface area (Å²) in [6, 6.07) is 20.4. The number of thioether (sulfide) groups is 1. The molecule has 0 aromatic heterocycles. The highest BCUT2D eigenvalue weighted by Crippen LogP contribution is 2.42. The highest BCUT2D eigenvalue weighted by atomic mass is 32.2. The fourth-order valence-electron chi connectivity index (χ4n) is 3.66. The standard InChI is InChI=1S/C25H23FN2O2S/c1-16-9-11-21(12-10-16)27-23(29)22-15-31-25(19-7-4-8-20(26)14-19)28(22)24(30)18-6-3-5-17(2)13-18/h3-14,22,25H,15H2,1-2H3,(H,27,29). The number of rotatable bonds is 4. The molecule has 31 heavy (non-hydrogen) atoms. The van der Waals surface area contributed by atoms with E-state index in [0.717, 1.165) is 11.1 Å². The van der Waals surface area contributed by atoms with Crippen LogP contribution in [0, 0.1) is 19.7 Å². The number of carbonyl (C=O) groups excluding carboxylic acids is 2. The van der Waals surface area contributed by atoms with Crippen LogP contribution in [0.15, 0.2) is 72.8 Å². The van der Waals surface area contributed by atoms with Crippen LogP contribution in [0.4, 0.5) is 10.1 Å². The number of nitrogens with zero attached hydrogens (tertiary/aromatic N) is 1. The molecule has 1 aliphatic rings. The van der Waals surface area contributed by atoms with Gasteiger partial charge in [-0.05, 0) is 55.8 Å². The molecule has 1 fully saturated rings. The van der Waals surface area contributed by atoms with Crippen LogP contribution in [0.1, 0.15) is 32.4 Å². The predicted molar refractivity (Wildman–Crippen MR) is 123 cm³/mol. The Labute approximate surface area is 185 Å². The molecule has 1 N–H and O–H groups in total. The van der Waals surface area contributed by atoms with E-state index in [4.69, 9.17) is 0 Å². The first kappa shape index (κ1) is 21.1. The topological polar surface area (TPSA) is 49.4 Å². The third-order valence-electron chi connectivity index (χ3n) is 5.26. The van der Waals surface area contributed by atoms with Crippen LogP contribution in [-0.2, 0) is 4.79 Å². The molecule has 158 valence electrons. The van der Waals surface area contributed by atoms with E-state index in [9.17, 15) is 14.0 Å². The molecule has 1 saturated heterocycles. The third kappa shape index (κ3) is 4.64. The molecule has 4 rings (SSSR count). The first-order valence-electron chi connectivity index (χ1n) is 10.1. The molecule has 0 saturated carbocycles. The molecule has 2 atom stereocenters. The zero-order valence-corrected chi connectivity index (χ0v) is 18.2. The molecule has 2 amide bonds. The summed E-state index contributed by atoms with van der Waals surface area (Å²) in [6.07, 6.45) is 0. The predicted octanol–water partition coefficient (Wildman–Crippen LogP) is 5.34. The van der Waals surface area contributed by atoms with Crippen LogP contribution in [-0.4, -0.2) is 28.5 Å². The smallest absolute Gasteiger partial charge is 0.255 e. The van der Waals surface area contributed by atoms with E-state index in [1.807, 2.05) is 56.3 Å². The molecule has 1 aliphatic heterocycles. The zero-order valence-electron chi connectivity index (χ0n) is 17.3. The quantitative estimate of drug-likeness (QED) is 0.603. The first-order chi connectivity index (χ1) is 14.9. The van der Waals surface area contributed by atoms with Crippen LogP contribution in [0.25, 0.3) is 0 Å². The van der Waals surface area contributed by atoms with Gasteiger partial charge in [0.05, 0.1) is 0 Å². The summed E-state index contributed by atoms with van der Waals surface area (Å²) in [5, 5.41) is 2.48. The Morgan fingerprint density at radius 3 is 2.42 bits per heavy atom. The summed E-state index contributed by atoms with van der Waals surface area (Å²) < 4.78 is 13.9. The summed E-state index contributed by atoms with van der Waals surface area (Å²) in [4.78, 5) is 28.3. The summed E-state index contributed by atoms with van der Waals surface area (Å²) in [7, 11) is 0. The van der Waals surface area contributed by atoms with Gasteiger partial charge in [0.2, 0.25) is 5.91 Å². The SMILES string of the molecule is Cc1ccc(NC(=O)C2CSC(c3cccc(F)c3)N2C(=O)c2cccc(C)c2)cc1. The molecular weight excluding hydrogens is 411 g/mol. The van der Waals surface area contributed by atoms with E-state index in [-0.39, 0.29) is 17.6 Å². The minimum atomic E-state index is -0.674. The Morgan fingerprint density at radius 2 is 1.71 bits per heavy atom. The number of anilines is 1. The fourth-order valence-corrected chi connectivity index (χ4v) is 5.08. The maximum Gasteiger partial charge on any atom is 0.255 e. The third-order valence-corrected chi connectivity index (χ3v) is 6.58. The van der Waals surface area contributed by atoms with Gasteiger partial charge in [0.1, 0.15) is 17.2 Å². The van der Waals surface area contributed by atoms with Crippen molar-refractivity contribution in [2.45, 2.75) is 25.3 Å². The number of carbonyl (C=O) groups is 2. The first-order valence-corrected chi connectivity index (χ1v) is 11.1. The van der Waals surface area contributed by atoms with Gasteiger partial charge in [-0.15, -0.1) is 11.8 Å². The minimum Gasteiger partial charge on any atom is -0.324 e. The lowest BCUT2D eigenvalue weighted by atomic mass is 10.1. The van der Waals surface area contributed by atoms with Crippen LogP contribution in [0.3, 0.4) is 0 Å². The number of benzene rings is 3. The average Bonchev–Trinajstić information content (AvgIpc) is 3.20. The lowest BCUT2D eigenvalue weighted by Gasteiger charge is -2.29. The maximum atomic E-state index is 13.9. The molecule has 4 nitrogen and oxygen atoms in total. The van der Waals surface area contributed by atoms with Gasteiger partial charge in [-0.2, -0.15) is 0 Å². The van der Waals surface area contributed by atoms with Gasteiger partial charge in [-0.3, -0.25) is 9.59 Å². The van der Waals surface area contributed by atoms with Crippen LogP contribution in [0.2, 0.25) is 0 Å². The van der Waals surface area contributed by atoms with Gasteiger partial charge in [-0.25, -0.2) is 4.39 Å². The maximum absolute atomic E-state index is 13.9. The molecular formula is C25H23FN2O2S. The fraction of sp³-hybridized carbons (Fsp3) is 0.200. The second kappa shape index (κ2) is 8.94. The van der Waals surface area contributed by atoms with Crippen molar-refractivity contribution in [1.82, 2.24) is 4.90 Å². The number of amides is 2. The number of halogens is 1. The average molecular weight is 435 g/mol. The number of nitrogens with one attached hydrogen (secondary N) is 1.